The number of nitrogen functional groups attached to an aromatic ring is 1. The largest absolute Gasteiger partial charge is 0.427 e. The number of aromatic nitrogens is 6. The first kappa shape index (κ1) is 41.9. The number of aliphatic hydroxyl groups is 2. The normalized spacial score (nSPS) is 23.9. The third-order valence-corrected chi connectivity index (χ3v) is 12.9. The first-order valence-electron chi connectivity index (χ1n) is 17.9. The second-order valence-electron chi connectivity index (χ2n) is 13.2. The fourth-order valence-electron chi connectivity index (χ4n) is 6.41. The average molecular weight is 856 g/mol. The minimum absolute atomic E-state index is 0.0276. The molecule has 312 valence electrons. The molecule has 0 bridgehead atoms. The van der Waals surface area contributed by atoms with Gasteiger partial charge in [-0.05, 0) is 53.3 Å². The van der Waals surface area contributed by atoms with E-state index in [0.29, 0.717) is 16.7 Å². The summed E-state index contributed by atoms with van der Waals surface area (Å²) in [6.45, 7) is -4.12. The fourth-order valence-corrected chi connectivity index (χ4v) is 9.80. The SMILES string of the molecule is CO[C@H]1C(OP(=O)(OC[C@H]2O[C@@H](n3cnc4c(N)ncnc43)C[C@H]2O)SCc2ccc(OC(=O)c3ccc(OC(C)=O)cc3)cc2)[C@@H](CO)O[C@H]1n1ccc(=O)[nH]c1=O. The van der Waals surface area contributed by atoms with Gasteiger partial charge in [-0.25, -0.2) is 29.1 Å². The number of benzene rings is 2. The van der Waals surface area contributed by atoms with E-state index in [9.17, 15) is 34.0 Å². The van der Waals surface area contributed by atoms with E-state index in [2.05, 4.69) is 19.9 Å². The number of anilines is 1. The van der Waals surface area contributed by atoms with Crippen molar-refractivity contribution in [3.05, 3.63) is 105 Å². The highest BCUT2D eigenvalue weighted by Gasteiger charge is 2.51. The summed E-state index contributed by atoms with van der Waals surface area (Å²) in [5.74, 6) is -0.471. The van der Waals surface area contributed by atoms with Crippen LogP contribution in [0.3, 0.4) is 0 Å². The van der Waals surface area contributed by atoms with Crippen LogP contribution in [0.4, 0.5) is 5.82 Å². The Kier molecular flexibility index (Phi) is 12.7. The summed E-state index contributed by atoms with van der Waals surface area (Å²) in [6, 6.07) is 13.3. The van der Waals surface area contributed by atoms with Crippen LogP contribution in [0.15, 0.2) is 83.0 Å². The van der Waals surface area contributed by atoms with E-state index in [-0.39, 0.29) is 35.1 Å². The molecular formula is C36H38N7O14PS. The molecular weight excluding hydrogens is 817 g/mol. The van der Waals surface area contributed by atoms with E-state index < -0.39 is 86.2 Å². The lowest BCUT2D eigenvalue weighted by Gasteiger charge is -2.28. The van der Waals surface area contributed by atoms with Gasteiger partial charge in [-0.15, -0.1) is 0 Å². The zero-order chi connectivity index (χ0) is 41.8. The molecule has 8 atom stereocenters. The van der Waals surface area contributed by atoms with Crippen molar-refractivity contribution in [2.75, 3.05) is 26.1 Å². The van der Waals surface area contributed by atoms with Gasteiger partial charge in [0, 0.05) is 38.5 Å². The average Bonchev–Trinajstić information content (AvgIpc) is 3.92. The predicted octanol–water partition coefficient (Wildman–Crippen LogP) is 2.10. The molecule has 2 aromatic carbocycles. The molecule has 0 saturated carbocycles. The third kappa shape index (κ3) is 9.46. The maximum absolute atomic E-state index is 14.8. The number of carbonyl (C=O) groups excluding carboxylic acids is 2. The van der Waals surface area contributed by atoms with Crippen molar-refractivity contribution in [3.8, 4) is 11.5 Å². The maximum Gasteiger partial charge on any atom is 0.389 e. The van der Waals surface area contributed by atoms with Crippen molar-refractivity contribution in [2.24, 2.45) is 0 Å². The van der Waals surface area contributed by atoms with Crippen LogP contribution in [-0.2, 0) is 38.4 Å². The summed E-state index contributed by atoms with van der Waals surface area (Å²) in [5.41, 5.74) is 6.04. The van der Waals surface area contributed by atoms with E-state index in [4.69, 9.17) is 38.5 Å². The van der Waals surface area contributed by atoms with Gasteiger partial charge in [-0.3, -0.25) is 32.8 Å². The Bertz CT molecular complexity index is 2470. The van der Waals surface area contributed by atoms with Gasteiger partial charge in [-0.2, -0.15) is 0 Å². The van der Waals surface area contributed by atoms with Crippen molar-refractivity contribution >= 4 is 47.1 Å². The number of hydrogen-bond donors (Lipinski definition) is 4. The molecule has 5 N–H and O–H groups in total. The second kappa shape index (κ2) is 17.9. The van der Waals surface area contributed by atoms with Gasteiger partial charge < -0.3 is 39.6 Å². The summed E-state index contributed by atoms with van der Waals surface area (Å²) in [7, 11) is 1.31. The lowest BCUT2D eigenvalue weighted by molar-refractivity contribution is -0.131. The molecule has 5 heterocycles. The number of aliphatic hydroxyl groups excluding tert-OH is 2. The highest BCUT2D eigenvalue weighted by atomic mass is 32.7. The minimum Gasteiger partial charge on any atom is -0.427 e. The number of aromatic amines is 1. The molecule has 2 aliphatic heterocycles. The quantitative estimate of drug-likeness (QED) is 0.0666. The molecule has 0 amide bonds. The molecule has 2 saturated heterocycles. The second-order valence-corrected chi connectivity index (χ2v) is 17.2. The van der Waals surface area contributed by atoms with Crippen LogP contribution in [0.25, 0.3) is 11.2 Å². The number of carbonyl (C=O) groups is 2. The summed E-state index contributed by atoms with van der Waals surface area (Å²) < 4.78 is 57.8. The van der Waals surface area contributed by atoms with Crippen LogP contribution in [0.1, 0.15) is 41.7 Å². The maximum atomic E-state index is 14.8. The molecule has 3 aromatic heterocycles. The number of esters is 2. The fraction of sp³-hybridized carbons (Fsp3) is 0.361. The molecule has 21 nitrogen and oxygen atoms in total. The molecule has 2 fully saturated rings. The number of imidazole rings is 1. The number of fused-ring (bicyclic) bond motifs is 1. The molecule has 0 aliphatic carbocycles. The summed E-state index contributed by atoms with van der Waals surface area (Å²) in [4.78, 5) is 63.0. The number of nitrogens with two attached hydrogens (primary N) is 1. The van der Waals surface area contributed by atoms with E-state index in [0.717, 1.165) is 22.0 Å². The Labute approximate surface area is 337 Å². The van der Waals surface area contributed by atoms with E-state index in [1.165, 1.54) is 69.3 Å². The molecule has 5 aromatic rings. The Morgan fingerprint density at radius 2 is 1.71 bits per heavy atom. The molecule has 0 radical (unpaired) electrons. The smallest absolute Gasteiger partial charge is 0.389 e. The van der Waals surface area contributed by atoms with Crippen molar-refractivity contribution in [1.82, 2.24) is 29.1 Å². The number of rotatable bonds is 15. The topological polar surface area (TPSA) is 281 Å². The highest BCUT2D eigenvalue weighted by Crippen LogP contribution is 2.64. The Hall–Kier alpha value is -5.29. The molecule has 23 heteroatoms. The zero-order valence-corrected chi connectivity index (χ0v) is 33.0. The summed E-state index contributed by atoms with van der Waals surface area (Å²) in [5, 5.41) is 21.3. The number of ether oxygens (including phenoxy) is 5. The van der Waals surface area contributed by atoms with Crippen molar-refractivity contribution in [1.29, 1.82) is 0 Å². The van der Waals surface area contributed by atoms with Crippen LogP contribution in [-0.4, -0.2) is 102 Å². The van der Waals surface area contributed by atoms with Gasteiger partial charge in [0.25, 0.3) is 5.56 Å². The molecule has 59 heavy (non-hydrogen) atoms. The molecule has 7 rings (SSSR count). The third-order valence-electron chi connectivity index (χ3n) is 9.29. The summed E-state index contributed by atoms with van der Waals surface area (Å²) >= 11 is 0.775. The van der Waals surface area contributed by atoms with Gasteiger partial charge in [0.2, 0.25) is 0 Å². The van der Waals surface area contributed by atoms with Crippen molar-refractivity contribution in [2.45, 2.75) is 62.1 Å². The predicted molar refractivity (Wildman–Crippen MR) is 206 cm³/mol. The van der Waals surface area contributed by atoms with Gasteiger partial charge in [0.05, 0.1) is 31.2 Å². The van der Waals surface area contributed by atoms with E-state index in [1.54, 1.807) is 16.7 Å². The Balaban J connectivity index is 1.08. The number of nitrogens with one attached hydrogen (secondary N) is 1. The number of nitrogens with zero attached hydrogens (tertiary/aromatic N) is 5. The van der Waals surface area contributed by atoms with Gasteiger partial charge in [0.1, 0.15) is 54.0 Å². The monoisotopic (exact) mass is 855 g/mol. The van der Waals surface area contributed by atoms with Gasteiger partial charge >= 0.3 is 24.4 Å². The van der Waals surface area contributed by atoms with Crippen LogP contribution in [0, 0.1) is 0 Å². The van der Waals surface area contributed by atoms with Crippen LogP contribution in [0.5, 0.6) is 11.5 Å². The lowest BCUT2D eigenvalue weighted by atomic mass is 10.1. The van der Waals surface area contributed by atoms with Gasteiger partial charge in [0.15, 0.2) is 17.7 Å². The number of H-pyrrole nitrogens is 1. The first-order chi connectivity index (χ1) is 28.3. The van der Waals surface area contributed by atoms with Crippen LogP contribution >= 0.6 is 18.2 Å². The standard InChI is InChI=1S/C36H38N7O14PS/c1-19(45)53-22-9-5-21(6-10-22)35(48)54-23-7-3-20(4-8-23)16-59-58(50,57-30-25(14-44)56-34(31(30)51-2)42-12-11-27(47)41-36(42)49)52-15-26-24(46)13-28(55-26)43-18-40-29-32(37)38-17-39-33(29)43/h3-12,17-18,24-26,28,30-31,34,44,46H,13-16H2,1-2H3,(H2,37,38,39)(H,41,47,49)/t24-,25-,26-,28-,30?,31+,34-,58?/m1/s1. The van der Waals surface area contributed by atoms with Crippen molar-refractivity contribution < 1.29 is 57.1 Å². The zero-order valence-electron chi connectivity index (χ0n) is 31.3. The Morgan fingerprint density at radius 3 is 2.41 bits per heavy atom. The van der Waals surface area contributed by atoms with Crippen LogP contribution < -0.4 is 26.5 Å². The van der Waals surface area contributed by atoms with Crippen molar-refractivity contribution in [3.63, 3.8) is 0 Å². The lowest BCUT2D eigenvalue weighted by Crippen LogP contribution is -2.39. The highest BCUT2D eigenvalue weighted by molar-refractivity contribution is 8.54. The summed E-state index contributed by atoms with van der Waals surface area (Å²) in [6.07, 6.45) is -3.59. The minimum atomic E-state index is -4.33. The molecule has 0 spiro atoms. The molecule has 2 unspecified atom stereocenters. The van der Waals surface area contributed by atoms with Gasteiger partial charge in [-0.1, -0.05) is 12.1 Å². The first-order valence-corrected chi connectivity index (χ1v) is 21.0. The van der Waals surface area contributed by atoms with Crippen LogP contribution in [0.2, 0.25) is 0 Å². The number of methoxy groups -OCH3 is 1. The Morgan fingerprint density at radius 1 is 0.983 bits per heavy atom. The number of hydrogen-bond acceptors (Lipinski definition) is 19. The van der Waals surface area contributed by atoms with E-state index >= 15 is 0 Å². The molecule has 2 aliphatic rings. The van der Waals surface area contributed by atoms with E-state index in [1.807, 2.05) is 0 Å².